The van der Waals surface area contributed by atoms with E-state index in [2.05, 4.69) is 19.1 Å². The molecule has 0 heterocycles. The zero-order chi connectivity index (χ0) is 20.5. The van der Waals surface area contributed by atoms with Crippen molar-refractivity contribution >= 4 is 5.97 Å². The zero-order valence-corrected chi connectivity index (χ0v) is 18.8. The number of hydrogen-bond donors (Lipinski definition) is 1. The van der Waals surface area contributed by atoms with Crippen molar-refractivity contribution in [3.8, 4) is 0 Å². The first-order valence-electron chi connectivity index (χ1n) is 12.2. The molecule has 0 aromatic rings. The van der Waals surface area contributed by atoms with Crippen LogP contribution in [0.15, 0.2) is 12.2 Å². The van der Waals surface area contributed by atoms with Crippen molar-refractivity contribution in [2.75, 3.05) is 13.2 Å². The van der Waals surface area contributed by atoms with Gasteiger partial charge in [-0.1, -0.05) is 96.1 Å². The number of allylic oxidation sites excluding steroid dienone is 2. The minimum absolute atomic E-state index is 0.0865. The summed E-state index contributed by atoms with van der Waals surface area (Å²) in [6.45, 7) is 2.71. The quantitative estimate of drug-likeness (QED) is 0.117. The lowest BCUT2D eigenvalue weighted by atomic mass is 10.1. The first kappa shape index (κ1) is 27.2. The fourth-order valence-electron chi connectivity index (χ4n) is 3.37. The molecule has 0 spiro atoms. The molecule has 0 aliphatic rings. The van der Waals surface area contributed by atoms with Gasteiger partial charge in [0.15, 0.2) is 0 Å². The molecule has 0 fully saturated rings. The van der Waals surface area contributed by atoms with Crippen molar-refractivity contribution in [1.29, 1.82) is 0 Å². The third-order valence-corrected chi connectivity index (χ3v) is 5.21. The second-order valence-electron chi connectivity index (χ2n) is 8.05. The van der Waals surface area contributed by atoms with Gasteiger partial charge in [0.05, 0.1) is 6.61 Å². The predicted molar refractivity (Wildman–Crippen MR) is 121 cm³/mol. The van der Waals surface area contributed by atoms with Gasteiger partial charge in [-0.05, 0) is 32.1 Å². The number of rotatable bonds is 22. The van der Waals surface area contributed by atoms with Gasteiger partial charge in [-0.2, -0.15) is 0 Å². The van der Waals surface area contributed by atoms with Crippen molar-refractivity contribution < 1.29 is 14.6 Å². The van der Waals surface area contributed by atoms with Crippen molar-refractivity contribution in [3.05, 3.63) is 12.2 Å². The molecule has 0 radical (unpaired) electrons. The van der Waals surface area contributed by atoms with Gasteiger partial charge in [0.1, 0.15) is 0 Å². The van der Waals surface area contributed by atoms with Gasteiger partial charge < -0.3 is 9.84 Å². The Balaban J connectivity index is 3.13. The average Bonchev–Trinajstić information content (AvgIpc) is 2.70. The molecule has 0 aromatic heterocycles. The average molecular weight is 397 g/mol. The Hall–Kier alpha value is -0.830. The van der Waals surface area contributed by atoms with E-state index in [9.17, 15) is 4.79 Å². The molecule has 0 unspecified atom stereocenters. The summed E-state index contributed by atoms with van der Waals surface area (Å²) in [5, 5.41) is 8.63. The van der Waals surface area contributed by atoms with E-state index in [1.807, 2.05) is 0 Å². The molecule has 0 rings (SSSR count). The topological polar surface area (TPSA) is 46.5 Å². The summed E-state index contributed by atoms with van der Waals surface area (Å²) in [6.07, 6.45) is 28.0. The lowest BCUT2D eigenvalue weighted by Crippen LogP contribution is -2.06. The monoisotopic (exact) mass is 396 g/mol. The van der Waals surface area contributed by atoms with Gasteiger partial charge >= 0.3 is 5.97 Å². The van der Waals surface area contributed by atoms with Crippen LogP contribution in [0.25, 0.3) is 0 Å². The fourth-order valence-corrected chi connectivity index (χ4v) is 3.37. The number of carbonyl (C=O) groups excluding carboxylic acids is 1. The van der Waals surface area contributed by atoms with Gasteiger partial charge in [-0.3, -0.25) is 4.79 Å². The van der Waals surface area contributed by atoms with E-state index < -0.39 is 0 Å². The number of unbranched alkanes of at least 4 members (excludes halogenated alkanes) is 15. The number of esters is 1. The Morgan fingerprint density at radius 1 is 0.679 bits per heavy atom. The van der Waals surface area contributed by atoms with Crippen LogP contribution in [0.4, 0.5) is 0 Å². The lowest BCUT2D eigenvalue weighted by Gasteiger charge is -2.04. The molecule has 0 aromatic carbocycles. The smallest absolute Gasteiger partial charge is 0.305 e. The van der Waals surface area contributed by atoms with E-state index >= 15 is 0 Å². The zero-order valence-electron chi connectivity index (χ0n) is 18.8. The van der Waals surface area contributed by atoms with E-state index in [0.717, 1.165) is 12.8 Å². The van der Waals surface area contributed by atoms with Crippen molar-refractivity contribution in [1.82, 2.24) is 0 Å². The van der Waals surface area contributed by atoms with E-state index in [1.165, 1.54) is 96.3 Å². The van der Waals surface area contributed by atoms with E-state index in [0.29, 0.717) is 19.4 Å². The molecule has 28 heavy (non-hydrogen) atoms. The molecular weight excluding hydrogens is 348 g/mol. The largest absolute Gasteiger partial charge is 0.466 e. The van der Waals surface area contributed by atoms with Crippen LogP contribution in [-0.4, -0.2) is 24.3 Å². The molecule has 0 aliphatic heterocycles. The van der Waals surface area contributed by atoms with Gasteiger partial charge in [0, 0.05) is 19.4 Å². The van der Waals surface area contributed by atoms with Gasteiger partial charge in [0.25, 0.3) is 0 Å². The summed E-state index contributed by atoms with van der Waals surface area (Å²) in [5.74, 6) is -0.116. The lowest BCUT2D eigenvalue weighted by molar-refractivity contribution is -0.144. The Kier molecular flexibility index (Phi) is 23.5. The SMILES string of the molecule is CCCCCCCC/C=C/CCCCCCCCCCCC(=O)OCCCO. The Morgan fingerprint density at radius 3 is 1.64 bits per heavy atom. The number of aliphatic hydroxyl groups is 1. The van der Waals surface area contributed by atoms with Crippen LogP contribution >= 0.6 is 0 Å². The first-order chi connectivity index (χ1) is 13.8. The number of aliphatic hydroxyl groups excluding tert-OH is 1. The molecule has 166 valence electrons. The van der Waals surface area contributed by atoms with Crippen LogP contribution in [0.3, 0.4) is 0 Å². The summed E-state index contributed by atoms with van der Waals surface area (Å²) in [6, 6.07) is 0. The molecule has 0 aliphatic carbocycles. The highest BCUT2D eigenvalue weighted by atomic mass is 16.5. The van der Waals surface area contributed by atoms with E-state index in [-0.39, 0.29) is 12.6 Å². The Bertz CT molecular complexity index is 339. The summed E-state index contributed by atoms with van der Waals surface area (Å²) in [5.41, 5.74) is 0. The number of carbonyl (C=O) groups is 1. The molecule has 1 N–H and O–H groups in total. The van der Waals surface area contributed by atoms with Crippen LogP contribution in [0.1, 0.15) is 129 Å². The van der Waals surface area contributed by atoms with Crippen molar-refractivity contribution in [3.63, 3.8) is 0 Å². The van der Waals surface area contributed by atoms with Crippen LogP contribution in [0, 0.1) is 0 Å². The first-order valence-corrected chi connectivity index (χ1v) is 12.2. The second-order valence-corrected chi connectivity index (χ2v) is 8.05. The third-order valence-electron chi connectivity index (χ3n) is 5.21. The molecule has 3 heteroatoms. The summed E-state index contributed by atoms with van der Waals surface area (Å²) in [7, 11) is 0. The standard InChI is InChI=1S/C25H48O3/c1-2-3-4-5-6-7-8-9-10-11-12-13-14-15-16-17-18-19-20-22-25(27)28-24-21-23-26/h9-10,26H,2-8,11-24H2,1H3/b10-9+. The van der Waals surface area contributed by atoms with Crippen molar-refractivity contribution in [2.45, 2.75) is 129 Å². The summed E-state index contributed by atoms with van der Waals surface area (Å²) in [4.78, 5) is 11.4. The fraction of sp³-hybridized carbons (Fsp3) is 0.880. The van der Waals surface area contributed by atoms with Crippen LogP contribution in [0.5, 0.6) is 0 Å². The molecular formula is C25H48O3. The minimum Gasteiger partial charge on any atom is -0.466 e. The van der Waals surface area contributed by atoms with Gasteiger partial charge in [-0.25, -0.2) is 0 Å². The molecule has 3 nitrogen and oxygen atoms in total. The third kappa shape index (κ3) is 23.2. The number of hydrogen-bond acceptors (Lipinski definition) is 3. The predicted octanol–water partition coefficient (Wildman–Crippen LogP) is 7.51. The van der Waals surface area contributed by atoms with E-state index in [4.69, 9.17) is 9.84 Å². The maximum atomic E-state index is 11.4. The highest BCUT2D eigenvalue weighted by molar-refractivity contribution is 5.69. The minimum atomic E-state index is -0.116. The molecule has 0 saturated heterocycles. The Labute approximate surface area is 175 Å². The van der Waals surface area contributed by atoms with Crippen molar-refractivity contribution in [2.24, 2.45) is 0 Å². The van der Waals surface area contributed by atoms with Crippen LogP contribution < -0.4 is 0 Å². The van der Waals surface area contributed by atoms with Gasteiger partial charge in [-0.15, -0.1) is 0 Å². The Morgan fingerprint density at radius 2 is 1.14 bits per heavy atom. The maximum absolute atomic E-state index is 11.4. The van der Waals surface area contributed by atoms with Gasteiger partial charge in [0.2, 0.25) is 0 Å². The molecule has 0 saturated carbocycles. The molecule has 0 bridgehead atoms. The summed E-state index contributed by atoms with van der Waals surface area (Å²) < 4.78 is 5.02. The number of ether oxygens (including phenoxy) is 1. The van der Waals surface area contributed by atoms with Crippen LogP contribution in [-0.2, 0) is 9.53 Å². The normalized spacial score (nSPS) is 11.4. The molecule has 0 amide bonds. The highest BCUT2D eigenvalue weighted by Crippen LogP contribution is 2.12. The summed E-state index contributed by atoms with van der Waals surface area (Å²) >= 11 is 0. The van der Waals surface area contributed by atoms with E-state index in [1.54, 1.807) is 0 Å². The highest BCUT2D eigenvalue weighted by Gasteiger charge is 2.01. The second kappa shape index (κ2) is 24.2. The maximum Gasteiger partial charge on any atom is 0.305 e. The van der Waals surface area contributed by atoms with Crippen LogP contribution in [0.2, 0.25) is 0 Å². The molecule has 0 atom stereocenters.